The molecular weight excluding hydrogens is 381 g/mol. The Bertz CT molecular complexity index is 122. The van der Waals surface area contributed by atoms with Gasteiger partial charge >= 0.3 is 0 Å². The maximum Gasteiger partial charge on any atom is 0.0362 e. The number of hydrogen-bond acceptors (Lipinski definition) is 7. The van der Waals surface area contributed by atoms with Gasteiger partial charge in [-0.1, -0.05) is 37.1 Å². The molecule has 132 valence electrons. The molecule has 0 fully saturated rings. The van der Waals surface area contributed by atoms with Crippen LogP contribution in [0.5, 0.6) is 0 Å². The van der Waals surface area contributed by atoms with E-state index in [9.17, 15) is 0 Å². The van der Waals surface area contributed by atoms with Crippen molar-refractivity contribution in [3.8, 4) is 0 Å². The zero-order valence-corrected chi connectivity index (χ0v) is 14.4. The maximum absolute atomic E-state index is 4.39. The standard InChI is InChI=1S/C8H18S7.5CH4/c9-1-7(3-13-5-11)15-8(2-10)4-14-6-12;;;;;/h7-12H,1-6H2;5*1H4. The van der Waals surface area contributed by atoms with Gasteiger partial charge in [-0.25, -0.2) is 0 Å². The Morgan fingerprint density at radius 1 is 0.600 bits per heavy atom. The topological polar surface area (TPSA) is 0 Å². The molecule has 0 amide bonds. The Morgan fingerprint density at radius 3 is 1.10 bits per heavy atom. The Balaban J connectivity index is -0.0000000980. The van der Waals surface area contributed by atoms with Crippen LogP contribution in [0.3, 0.4) is 0 Å². The summed E-state index contributed by atoms with van der Waals surface area (Å²) in [6, 6.07) is 0. The lowest BCUT2D eigenvalue weighted by Gasteiger charge is -2.20. The molecular formula is C13H38S7. The van der Waals surface area contributed by atoms with Gasteiger partial charge in [-0.2, -0.15) is 85.8 Å². The fraction of sp³-hybridized carbons (Fsp3) is 1.00. The predicted octanol–water partition coefficient (Wildman–Crippen LogP) is 6.74. The number of hydrogen-bond donors (Lipinski definition) is 4. The van der Waals surface area contributed by atoms with E-state index in [0.717, 1.165) is 33.2 Å². The molecule has 0 aliphatic carbocycles. The van der Waals surface area contributed by atoms with Crippen molar-refractivity contribution in [3.63, 3.8) is 0 Å². The van der Waals surface area contributed by atoms with Crippen LogP contribution in [0.1, 0.15) is 37.1 Å². The minimum Gasteiger partial charge on any atom is -0.178 e. The molecule has 0 radical (unpaired) electrons. The summed E-state index contributed by atoms with van der Waals surface area (Å²) >= 11 is 22.9. The molecule has 0 N–H and O–H groups in total. The summed E-state index contributed by atoms with van der Waals surface area (Å²) in [6.45, 7) is 0. The second kappa shape index (κ2) is 29.5. The van der Waals surface area contributed by atoms with Crippen LogP contribution in [0.4, 0.5) is 0 Å². The van der Waals surface area contributed by atoms with Gasteiger partial charge in [-0.3, -0.25) is 0 Å². The minimum absolute atomic E-state index is 0. The van der Waals surface area contributed by atoms with E-state index >= 15 is 0 Å². The summed E-state index contributed by atoms with van der Waals surface area (Å²) < 4.78 is 0. The first-order valence-electron chi connectivity index (χ1n) is 4.52. The van der Waals surface area contributed by atoms with Crippen LogP contribution in [0.15, 0.2) is 0 Å². The third-order valence-corrected chi connectivity index (χ3v) is 7.55. The van der Waals surface area contributed by atoms with Crippen LogP contribution >= 0.6 is 85.8 Å². The fourth-order valence-corrected chi connectivity index (χ4v) is 5.56. The van der Waals surface area contributed by atoms with E-state index in [4.69, 9.17) is 0 Å². The third-order valence-electron chi connectivity index (χ3n) is 1.58. The number of rotatable bonds is 10. The second-order valence-electron chi connectivity index (χ2n) is 2.75. The fourth-order valence-electron chi connectivity index (χ4n) is 0.911. The summed E-state index contributed by atoms with van der Waals surface area (Å²) in [5.74, 6) is 4.13. The lowest BCUT2D eigenvalue weighted by atomic mass is 10.5. The van der Waals surface area contributed by atoms with Crippen LogP contribution < -0.4 is 0 Å². The van der Waals surface area contributed by atoms with E-state index in [1.165, 1.54) is 0 Å². The Hall–Kier alpha value is 2.45. The van der Waals surface area contributed by atoms with Gasteiger partial charge in [-0.15, -0.1) is 0 Å². The molecule has 0 bridgehead atoms. The van der Waals surface area contributed by atoms with E-state index in [1.807, 2.05) is 35.3 Å². The number of thioether (sulfide) groups is 3. The van der Waals surface area contributed by atoms with Crippen LogP contribution in [0, 0.1) is 0 Å². The largest absolute Gasteiger partial charge is 0.178 e. The van der Waals surface area contributed by atoms with Crippen molar-refractivity contribution in [2.24, 2.45) is 0 Å². The molecule has 0 aromatic heterocycles. The Morgan fingerprint density at radius 2 is 0.900 bits per heavy atom. The van der Waals surface area contributed by atoms with Crippen molar-refractivity contribution in [2.75, 3.05) is 33.2 Å². The molecule has 0 spiro atoms. The average Bonchev–Trinajstić information content (AvgIpc) is 2.28. The number of thiol groups is 4. The van der Waals surface area contributed by atoms with Gasteiger partial charge in [0.1, 0.15) is 0 Å². The van der Waals surface area contributed by atoms with E-state index in [0.29, 0.717) is 10.5 Å². The van der Waals surface area contributed by atoms with Crippen LogP contribution in [0.25, 0.3) is 0 Å². The van der Waals surface area contributed by atoms with Crippen LogP contribution in [-0.2, 0) is 0 Å². The molecule has 0 aromatic rings. The lowest BCUT2D eigenvalue weighted by Crippen LogP contribution is -2.18. The van der Waals surface area contributed by atoms with Crippen molar-refractivity contribution >= 4 is 85.8 Å². The Kier molecular flexibility index (Phi) is 56.2. The van der Waals surface area contributed by atoms with Gasteiger partial charge in [0.05, 0.1) is 0 Å². The van der Waals surface area contributed by atoms with Gasteiger partial charge in [0.15, 0.2) is 0 Å². The highest BCUT2D eigenvalue weighted by molar-refractivity contribution is 8.11. The van der Waals surface area contributed by atoms with Gasteiger partial charge in [0.25, 0.3) is 0 Å². The summed E-state index contributed by atoms with van der Waals surface area (Å²) in [7, 11) is 0. The first kappa shape index (κ1) is 38.2. The molecule has 20 heavy (non-hydrogen) atoms. The van der Waals surface area contributed by atoms with Crippen molar-refractivity contribution in [1.82, 2.24) is 0 Å². The van der Waals surface area contributed by atoms with Crippen LogP contribution in [0.2, 0.25) is 0 Å². The second-order valence-corrected chi connectivity index (χ2v) is 8.63. The van der Waals surface area contributed by atoms with Gasteiger partial charge < -0.3 is 0 Å². The molecule has 0 aliphatic heterocycles. The van der Waals surface area contributed by atoms with Crippen molar-refractivity contribution in [1.29, 1.82) is 0 Å². The molecule has 0 rings (SSSR count). The van der Waals surface area contributed by atoms with Gasteiger partial charge in [0, 0.05) is 43.7 Å². The van der Waals surface area contributed by atoms with Crippen molar-refractivity contribution in [3.05, 3.63) is 0 Å². The third kappa shape index (κ3) is 22.7. The molecule has 7 heteroatoms. The highest BCUT2D eigenvalue weighted by Gasteiger charge is 2.14. The molecule has 2 atom stereocenters. The first-order valence-corrected chi connectivity index (χ1v) is 10.3. The quantitative estimate of drug-likeness (QED) is 0.229. The van der Waals surface area contributed by atoms with E-state index in [2.05, 4.69) is 50.5 Å². The molecule has 0 heterocycles. The summed E-state index contributed by atoms with van der Waals surface area (Å²) in [5.41, 5.74) is 0. The molecule has 2 unspecified atom stereocenters. The van der Waals surface area contributed by atoms with Crippen LogP contribution in [-0.4, -0.2) is 43.7 Å². The monoisotopic (exact) mass is 418 g/mol. The highest BCUT2D eigenvalue weighted by Crippen LogP contribution is 2.26. The maximum atomic E-state index is 4.39. The normalized spacial score (nSPS) is 11.4. The SMILES string of the molecule is C.C.C.C.C.SCSCC(CS)SC(CS)CSCS. The molecule has 0 nitrogen and oxygen atoms in total. The molecule has 0 saturated heterocycles. The predicted molar refractivity (Wildman–Crippen MR) is 129 cm³/mol. The molecule has 0 aromatic carbocycles. The van der Waals surface area contributed by atoms with Crippen molar-refractivity contribution < 1.29 is 0 Å². The highest BCUT2D eigenvalue weighted by atomic mass is 32.2. The summed E-state index contributed by atoms with van der Waals surface area (Å²) in [4.78, 5) is 0. The minimum atomic E-state index is 0. The van der Waals surface area contributed by atoms with E-state index < -0.39 is 0 Å². The van der Waals surface area contributed by atoms with Gasteiger partial charge in [-0.05, 0) is 0 Å². The summed E-state index contributed by atoms with van der Waals surface area (Å²) in [6.07, 6.45) is 0. The smallest absolute Gasteiger partial charge is 0.0362 e. The molecule has 0 aliphatic rings. The zero-order valence-electron chi connectivity index (χ0n) is 8.41. The average molecular weight is 419 g/mol. The Labute approximate surface area is 165 Å². The zero-order chi connectivity index (χ0) is 11.5. The van der Waals surface area contributed by atoms with E-state index in [-0.39, 0.29) is 37.1 Å². The lowest BCUT2D eigenvalue weighted by molar-refractivity contribution is 1.09. The van der Waals surface area contributed by atoms with Crippen molar-refractivity contribution in [2.45, 2.75) is 47.6 Å². The van der Waals surface area contributed by atoms with E-state index in [1.54, 1.807) is 0 Å². The first-order chi connectivity index (χ1) is 7.28. The van der Waals surface area contributed by atoms with Gasteiger partial charge in [0.2, 0.25) is 0 Å². The summed E-state index contributed by atoms with van der Waals surface area (Å²) in [5, 5.41) is 3.01. The molecule has 0 saturated carbocycles.